The lowest BCUT2D eigenvalue weighted by molar-refractivity contribution is -0.143. The lowest BCUT2D eigenvalue weighted by Gasteiger charge is -2.28. The number of carbonyl (C=O) groups is 4. The van der Waals surface area contributed by atoms with Crippen molar-refractivity contribution in [3.63, 3.8) is 0 Å². The largest absolute Gasteiger partial charge is 0.480 e. The van der Waals surface area contributed by atoms with Gasteiger partial charge in [0.15, 0.2) is 0 Å². The standard InChI is InChI=1S/C22H32N4O5S/c1-14(19(27)25-17(22(30)31)10-12-32-2)24-20(28)18-9-6-11-26(18)21(29)16(23)13-15-7-4-3-5-8-15/h3-5,7-8,14,16-18H,6,9-13,23H2,1-2H3,(H,24,28)(H,25,27)(H,30,31)/t14-,16-,17-,18-/m0/s1. The highest BCUT2D eigenvalue weighted by molar-refractivity contribution is 7.98. The molecule has 0 spiro atoms. The quantitative estimate of drug-likeness (QED) is 0.371. The normalized spacial score (nSPS) is 18.5. The van der Waals surface area contributed by atoms with Crippen molar-refractivity contribution < 1.29 is 24.3 Å². The first-order chi connectivity index (χ1) is 15.2. The maximum atomic E-state index is 12.9. The molecule has 1 aliphatic heterocycles. The van der Waals surface area contributed by atoms with Crippen LogP contribution in [0.1, 0.15) is 31.7 Å². The molecule has 0 radical (unpaired) electrons. The molecule has 2 rings (SSSR count). The molecule has 1 aromatic rings. The van der Waals surface area contributed by atoms with E-state index in [1.54, 1.807) is 0 Å². The van der Waals surface area contributed by atoms with Crippen LogP contribution in [-0.4, -0.2) is 76.4 Å². The predicted molar refractivity (Wildman–Crippen MR) is 123 cm³/mol. The first-order valence-corrected chi connectivity index (χ1v) is 12.1. The summed E-state index contributed by atoms with van der Waals surface area (Å²) in [4.78, 5) is 50.9. The molecule has 3 amide bonds. The first-order valence-electron chi connectivity index (χ1n) is 10.7. The van der Waals surface area contributed by atoms with Gasteiger partial charge in [0, 0.05) is 6.54 Å². The third-order valence-electron chi connectivity index (χ3n) is 5.43. The van der Waals surface area contributed by atoms with Gasteiger partial charge in [-0.05, 0) is 50.2 Å². The van der Waals surface area contributed by atoms with Crippen LogP contribution >= 0.6 is 11.8 Å². The van der Waals surface area contributed by atoms with Gasteiger partial charge in [-0.25, -0.2) is 4.79 Å². The van der Waals surface area contributed by atoms with Crippen molar-refractivity contribution in [2.45, 2.75) is 56.8 Å². The van der Waals surface area contributed by atoms with E-state index in [4.69, 9.17) is 5.73 Å². The van der Waals surface area contributed by atoms with Crippen molar-refractivity contribution in [1.82, 2.24) is 15.5 Å². The number of nitrogens with two attached hydrogens (primary N) is 1. The van der Waals surface area contributed by atoms with Gasteiger partial charge >= 0.3 is 5.97 Å². The SMILES string of the molecule is CSCC[C@H](NC(=O)[C@H](C)NC(=O)[C@@H]1CCCN1C(=O)[C@@H](N)Cc1ccccc1)C(=O)O. The Morgan fingerprint density at radius 2 is 1.91 bits per heavy atom. The predicted octanol–water partition coefficient (Wildman–Crippen LogP) is 0.375. The average Bonchev–Trinajstić information content (AvgIpc) is 3.26. The van der Waals surface area contributed by atoms with Crippen molar-refractivity contribution in [1.29, 1.82) is 0 Å². The van der Waals surface area contributed by atoms with E-state index in [0.717, 1.165) is 5.56 Å². The smallest absolute Gasteiger partial charge is 0.326 e. The summed E-state index contributed by atoms with van der Waals surface area (Å²) in [6, 6.07) is 6.00. The number of hydrogen-bond acceptors (Lipinski definition) is 6. The van der Waals surface area contributed by atoms with Crippen LogP contribution in [0.3, 0.4) is 0 Å². The molecular weight excluding hydrogens is 432 g/mol. The maximum absolute atomic E-state index is 12.9. The van der Waals surface area contributed by atoms with Crippen molar-refractivity contribution in [3.05, 3.63) is 35.9 Å². The van der Waals surface area contributed by atoms with Crippen LogP contribution < -0.4 is 16.4 Å². The molecule has 0 saturated carbocycles. The summed E-state index contributed by atoms with van der Waals surface area (Å²) in [5, 5.41) is 14.3. The molecule has 1 saturated heterocycles. The zero-order chi connectivity index (χ0) is 23.7. The van der Waals surface area contributed by atoms with Crippen LogP contribution in [-0.2, 0) is 25.6 Å². The Morgan fingerprint density at radius 1 is 1.22 bits per heavy atom. The van der Waals surface area contributed by atoms with Crippen molar-refractivity contribution >= 4 is 35.5 Å². The van der Waals surface area contributed by atoms with Gasteiger partial charge in [0.1, 0.15) is 18.1 Å². The third-order valence-corrected chi connectivity index (χ3v) is 6.08. The van der Waals surface area contributed by atoms with E-state index in [1.807, 2.05) is 36.6 Å². The number of carboxylic acid groups (broad SMARTS) is 1. The lowest BCUT2D eigenvalue weighted by atomic mass is 10.1. The number of aliphatic carboxylic acids is 1. The lowest BCUT2D eigenvalue weighted by Crippen LogP contribution is -2.56. The summed E-state index contributed by atoms with van der Waals surface area (Å²) in [7, 11) is 0. The van der Waals surface area contributed by atoms with Crippen LogP contribution in [0.5, 0.6) is 0 Å². The molecule has 5 N–H and O–H groups in total. The number of carbonyl (C=O) groups excluding carboxylic acids is 3. The van der Waals surface area contributed by atoms with E-state index in [1.165, 1.54) is 23.6 Å². The van der Waals surface area contributed by atoms with Gasteiger partial charge in [-0.2, -0.15) is 11.8 Å². The second-order valence-electron chi connectivity index (χ2n) is 7.90. The molecule has 1 fully saturated rings. The molecular formula is C22H32N4O5S. The fourth-order valence-corrected chi connectivity index (χ4v) is 4.11. The fraction of sp³-hybridized carbons (Fsp3) is 0.545. The summed E-state index contributed by atoms with van der Waals surface area (Å²) in [5.74, 6) is -1.86. The van der Waals surface area contributed by atoms with Gasteiger partial charge in [0.05, 0.1) is 6.04 Å². The molecule has 0 aromatic heterocycles. The molecule has 1 aromatic carbocycles. The minimum Gasteiger partial charge on any atom is -0.480 e. The Kier molecular flexibility index (Phi) is 9.98. The van der Waals surface area contributed by atoms with E-state index in [2.05, 4.69) is 10.6 Å². The summed E-state index contributed by atoms with van der Waals surface area (Å²) in [5.41, 5.74) is 7.06. The highest BCUT2D eigenvalue weighted by atomic mass is 32.2. The highest BCUT2D eigenvalue weighted by Crippen LogP contribution is 2.19. The molecule has 10 heteroatoms. The van der Waals surface area contributed by atoms with Crippen molar-refractivity contribution in [3.8, 4) is 0 Å². The van der Waals surface area contributed by atoms with Gasteiger partial charge in [-0.15, -0.1) is 0 Å². The maximum Gasteiger partial charge on any atom is 0.326 e. The number of carboxylic acids is 1. The zero-order valence-electron chi connectivity index (χ0n) is 18.5. The molecule has 0 aliphatic carbocycles. The molecule has 0 bridgehead atoms. The van der Waals surface area contributed by atoms with Gasteiger partial charge in [0.25, 0.3) is 0 Å². The molecule has 32 heavy (non-hydrogen) atoms. The summed E-state index contributed by atoms with van der Waals surface area (Å²) in [6.07, 6.45) is 3.65. The van der Waals surface area contributed by atoms with E-state index < -0.39 is 42.0 Å². The molecule has 9 nitrogen and oxygen atoms in total. The summed E-state index contributed by atoms with van der Waals surface area (Å²) < 4.78 is 0. The van der Waals surface area contributed by atoms with E-state index in [0.29, 0.717) is 31.6 Å². The van der Waals surface area contributed by atoms with Gasteiger partial charge in [-0.3, -0.25) is 14.4 Å². The van der Waals surface area contributed by atoms with Crippen LogP contribution in [0.15, 0.2) is 30.3 Å². The average molecular weight is 465 g/mol. The Bertz CT molecular complexity index is 807. The number of rotatable bonds is 11. The molecule has 176 valence electrons. The number of amides is 3. The number of nitrogens with zero attached hydrogens (tertiary/aromatic N) is 1. The minimum absolute atomic E-state index is 0.285. The number of nitrogens with one attached hydrogen (secondary N) is 2. The van der Waals surface area contributed by atoms with E-state index >= 15 is 0 Å². The summed E-state index contributed by atoms with van der Waals surface area (Å²) in [6.45, 7) is 1.92. The van der Waals surface area contributed by atoms with Crippen molar-refractivity contribution in [2.75, 3.05) is 18.6 Å². The van der Waals surface area contributed by atoms with E-state index in [-0.39, 0.29) is 12.3 Å². The number of thioether (sulfide) groups is 1. The second kappa shape index (κ2) is 12.4. The molecule has 1 aliphatic rings. The monoisotopic (exact) mass is 464 g/mol. The molecule has 1 heterocycles. The second-order valence-corrected chi connectivity index (χ2v) is 8.88. The molecule has 0 unspecified atom stereocenters. The Labute approximate surface area is 192 Å². The van der Waals surface area contributed by atoms with Crippen molar-refractivity contribution in [2.24, 2.45) is 5.73 Å². The van der Waals surface area contributed by atoms with Gasteiger partial charge < -0.3 is 26.4 Å². The minimum atomic E-state index is -1.12. The first kappa shape index (κ1) is 25.7. The third kappa shape index (κ3) is 7.23. The van der Waals surface area contributed by atoms with E-state index in [9.17, 15) is 24.3 Å². The Morgan fingerprint density at radius 3 is 2.53 bits per heavy atom. The van der Waals surface area contributed by atoms with Crippen LogP contribution in [0.25, 0.3) is 0 Å². The van der Waals surface area contributed by atoms with Crippen LogP contribution in [0.4, 0.5) is 0 Å². The van der Waals surface area contributed by atoms with Gasteiger partial charge in [0.2, 0.25) is 17.7 Å². The number of benzene rings is 1. The number of hydrogen-bond donors (Lipinski definition) is 4. The Hall–Kier alpha value is -2.59. The van der Waals surface area contributed by atoms with Crippen LogP contribution in [0.2, 0.25) is 0 Å². The zero-order valence-corrected chi connectivity index (χ0v) is 19.3. The summed E-state index contributed by atoms with van der Waals surface area (Å²) >= 11 is 1.48. The number of likely N-dealkylation sites (tertiary alicyclic amines) is 1. The Balaban J connectivity index is 1.93. The van der Waals surface area contributed by atoms with Crippen LogP contribution in [0, 0.1) is 0 Å². The molecule has 4 atom stereocenters. The topological polar surface area (TPSA) is 142 Å². The highest BCUT2D eigenvalue weighted by Gasteiger charge is 2.37. The van der Waals surface area contributed by atoms with Gasteiger partial charge in [-0.1, -0.05) is 30.3 Å². The fourth-order valence-electron chi connectivity index (χ4n) is 3.64.